The number of allylic oxidation sites excluding steroid dienone is 2. The zero-order valence-electron chi connectivity index (χ0n) is 9.72. The molecule has 0 aliphatic carbocycles. The number of hydrogen-bond donors (Lipinski definition) is 0. The highest BCUT2D eigenvalue weighted by molar-refractivity contribution is 5.27. The van der Waals surface area contributed by atoms with Crippen LogP contribution in [0, 0.1) is 0 Å². The van der Waals surface area contributed by atoms with E-state index in [2.05, 4.69) is 37.9 Å². The first-order chi connectivity index (χ1) is 6.24. The van der Waals surface area contributed by atoms with Crippen LogP contribution in [-0.4, -0.2) is 25.0 Å². The van der Waals surface area contributed by atoms with Crippen LogP contribution >= 0.6 is 0 Å². The van der Waals surface area contributed by atoms with Crippen molar-refractivity contribution in [3.8, 4) is 0 Å². The highest BCUT2D eigenvalue weighted by Gasteiger charge is 2.09. The molecule has 0 spiro atoms. The summed E-state index contributed by atoms with van der Waals surface area (Å²) in [6.45, 7) is 10.7. The van der Waals surface area contributed by atoms with Crippen molar-refractivity contribution in [1.82, 2.24) is 4.90 Å². The molecule has 0 saturated heterocycles. The highest BCUT2D eigenvalue weighted by atomic mass is 15.1. The highest BCUT2D eigenvalue weighted by Crippen LogP contribution is 2.16. The molecule has 1 heteroatoms. The maximum absolute atomic E-state index is 2.36. The van der Waals surface area contributed by atoms with E-state index in [1.54, 1.807) is 0 Å². The normalized spacial score (nSPS) is 18.8. The van der Waals surface area contributed by atoms with Crippen molar-refractivity contribution >= 4 is 0 Å². The van der Waals surface area contributed by atoms with Crippen LogP contribution in [0.4, 0.5) is 0 Å². The Labute approximate surface area is 83.1 Å². The predicted molar refractivity (Wildman–Crippen MR) is 61.0 cm³/mol. The van der Waals surface area contributed by atoms with Crippen molar-refractivity contribution in [3.05, 3.63) is 23.3 Å². The van der Waals surface area contributed by atoms with Gasteiger partial charge in [0.1, 0.15) is 0 Å². The van der Waals surface area contributed by atoms with E-state index in [0.29, 0.717) is 0 Å². The zero-order valence-corrected chi connectivity index (χ0v) is 9.72. The summed E-state index contributed by atoms with van der Waals surface area (Å²) in [6.07, 6.45) is 5.58. The molecule has 0 aromatic heterocycles. The second-order valence-electron chi connectivity index (χ2n) is 3.29. The smallest absolute Gasteiger partial charge is 0.0193 e. The average molecular weight is 181 g/mol. The number of hydrogen-bond acceptors (Lipinski definition) is 1. The topological polar surface area (TPSA) is 3.24 Å². The molecule has 0 fully saturated rings. The molecule has 76 valence electrons. The molecule has 0 N–H and O–H groups in total. The molecule has 0 saturated carbocycles. The van der Waals surface area contributed by atoms with Gasteiger partial charge in [-0.3, -0.25) is 0 Å². The van der Waals surface area contributed by atoms with Crippen LogP contribution in [0.2, 0.25) is 0 Å². The third kappa shape index (κ3) is 4.28. The van der Waals surface area contributed by atoms with Gasteiger partial charge in [0.05, 0.1) is 0 Å². The van der Waals surface area contributed by atoms with Crippen LogP contribution in [0.25, 0.3) is 0 Å². The fraction of sp³-hybridized carbons (Fsp3) is 0.667. The maximum atomic E-state index is 2.36. The van der Waals surface area contributed by atoms with E-state index in [9.17, 15) is 0 Å². The molecule has 1 aliphatic heterocycles. The van der Waals surface area contributed by atoms with Gasteiger partial charge in [0.2, 0.25) is 0 Å². The lowest BCUT2D eigenvalue weighted by Crippen LogP contribution is -2.26. The Morgan fingerprint density at radius 1 is 1.31 bits per heavy atom. The third-order valence-corrected chi connectivity index (χ3v) is 2.19. The molecular weight excluding hydrogens is 158 g/mol. The summed E-state index contributed by atoms with van der Waals surface area (Å²) in [5.41, 5.74) is 3.06. The van der Waals surface area contributed by atoms with Crippen molar-refractivity contribution in [2.24, 2.45) is 0 Å². The molecule has 1 nitrogen and oxygen atoms in total. The third-order valence-electron chi connectivity index (χ3n) is 2.19. The second kappa shape index (κ2) is 6.90. The molecule has 1 rings (SSSR count). The molecule has 13 heavy (non-hydrogen) atoms. The van der Waals surface area contributed by atoms with Gasteiger partial charge in [-0.2, -0.15) is 0 Å². The molecule has 0 radical (unpaired) electrons. The molecule has 0 unspecified atom stereocenters. The van der Waals surface area contributed by atoms with Crippen molar-refractivity contribution in [3.63, 3.8) is 0 Å². The van der Waals surface area contributed by atoms with Crippen LogP contribution < -0.4 is 0 Å². The van der Waals surface area contributed by atoms with E-state index in [1.807, 2.05) is 13.8 Å². The summed E-state index contributed by atoms with van der Waals surface area (Å²) in [7, 11) is 2.18. The Bertz CT molecular complexity index is 189. The number of nitrogens with zero attached hydrogens (tertiary/aromatic N) is 1. The minimum Gasteiger partial charge on any atom is -0.302 e. The Morgan fingerprint density at radius 3 is 2.38 bits per heavy atom. The summed E-state index contributed by atoms with van der Waals surface area (Å²) < 4.78 is 0. The minimum absolute atomic E-state index is 1.14. The van der Waals surface area contributed by atoms with Crippen LogP contribution in [0.15, 0.2) is 23.3 Å². The number of rotatable bonds is 1. The Kier molecular flexibility index (Phi) is 6.61. The van der Waals surface area contributed by atoms with Gasteiger partial charge in [-0.05, 0) is 32.9 Å². The molecule has 0 aromatic rings. The molecule has 0 bridgehead atoms. The first-order valence-corrected chi connectivity index (χ1v) is 5.24. The van der Waals surface area contributed by atoms with E-state index >= 15 is 0 Å². The summed E-state index contributed by atoms with van der Waals surface area (Å²) in [4.78, 5) is 2.36. The maximum Gasteiger partial charge on any atom is 0.0193 e. The predicted octanol–water partition coefficient (Wildman–Crippen LogP) is 3.24. The van der Waals surface area contributed by atoms with Crippen LogP contribution in [0.5, 0.6) is 0 Å². The Hall–Kier alpha value is -0.560. The first kappa shape index (κ1) is 12.4. The molecular formula is C12H23N. The van der Waals surface area contributed by atoms with E-state index in [0.717, 1.165) is 6.54 Å². The van der Waals surface area contributed by atoms with E-state index in [4.69, 9.17) is 0 Å². The summed E-state index contributed by atoms with van der Waals surface area (Å²) >= 11 is 0. The Balaban J connectivity index is 0.000000671. The lowest BCUT2D eigenvalue weighted by Gasteiger charge is -2.24. The zero-order chi connectivity index (χ0) is 10.3. The van der Waals surface area contributed by atoms with Crippen molar-refractivity contribution in [2.75, 3.05) is 20.1 Å². The van der Waals surface area contributed by atoms with Crippen LogP contribution in [0.3, 0.4) is 0 Å². The summed E-state index contributed by atoms with van der Waals surface area (Å²) in [5, 5.41) is 0. The fourth-order valence-electron chi connectivity index (χ4n) is 1.54. The molecule has 1 heterocycles. The standard InChI is InChI=1S/C10H17N.C2H6/c1-4-5-10-6-7-11(3)8-9(10)2;1-2/h4-5H,6-8H2,1-3H3;1-2H3/b5-4-;. The van der Waals surface area contributed by atoms with Gasteiger partial charge < -0.3 is 4.90 Å². The van der Waals surface area contributed by atoms with Gasteiger partial charge in [-0.15, -0.1) is 0 Å². The average Bonchev–Trinajstić information content (AvgIpc) is 2.14. The SMILES string of the molecule is C/C=C\C1=C(C)CN(C)CC1.CC. The molecule has 0 aromatic carbocycles. The lowest BCUT2D eigenvalue weighted by atomic mass is 10.0. The first-order valence-electron chi connectivity index (χ1n) is 5.24. The van der Waals surface area contributed by atoms with Crippen molar-refractivity contribution in [1.29, 1.82) is 0 Å². The van der Waals surface area contributed by atoms with E-state index in [-0.39, 0.29) is 0 Å². The second-order valence-corrected chi connectivity index (χ2v) is 3.29. The van der Waals surface area contributed by atoms with Crippen LogP contribution in [-0.2, 0) is 0 Å². The van der Waals surface area contributed by atoms with Crippen molar-refractivity contribution in [2.45, 2.75) is 34.1 Å². The Morgan fingerprint density at radius 2 is 1.92 bits per heavy atom. The quantitative estimate of drug-likeness (QED) is 0.600. The van der Waals surface area contributed by atoms with Gasteiger partial charge >= 0.3 is 0 Å². The van der Waals surface area contributed by atoms with Gasteiger partial charge in [0.25, 0.3) is 0 Å². The molecule has 1 aliphatic rings. The van der Waals surface area contributed by atoms with Gasteiger partial charge in [-0.1, -0.05) is 31.6 Å². The largest absolute Gasteiger partial charge is 0.302 e. The monoisotopic (exact) mass is 181 g/mol. The van der Waals surface area contributed by atoms with Crippen molar-refractivity contribution < 1.29 is 0 Å². The van der Waals surface area contributed by atoms with Crippen LogP contribution in [0.1, 0.15) is 34.1 Å². The molecule has 0 amide bonds. The fourth-order valence-corrected chi connectivity index (χ4v) is 1.54. The summed E-state index contributed by atoms with van der Waals surface area (Å²) in [5.74, 6) is 0. The minimum atomic E-state index is 1.14. The molecule has 0 atom stereocenters. The summed E-state index contributed by atoms with van der Waals surface area (Å²) in [6, 6.07) is 0. The lowest BCUT2D eigenvalue weighted by molar-refractivity contribution is 0.350. The van der Waals surface area contributed by atoms with Gasteiger partial charge in [0.15, 0.2) is 0 Å². The number of likely N-dealkylation sites (N-methyl/N-ethyl adjacent to an activating group) is 1. The van der Waals surface area contributed by atoms with Gasteiger partial charge in [0, 0.05) is 13.1 Å². The van der Waals surface area contributed by atoms with E-state index in [1.165, 1.54) is 24.1 Å². The van der Waals surface area contributed by atoms with E-state index < -0.39 is 0 Å². The van der Waals surface area contributed by atoms with Gasteiger partial charge in [-0.25, -0.2) is 0 Å².